The van der Waals surface area contributed by atoms with Crippen LogP contribution in [0.3, 0.4) is 0 Å². The summed E-state index contributed by atoms with van der Waals surface area (Å²) in [6.45, 7) is 2.19. The van der Waals surface area contributed by atoms with Gasteiger partial charge in [-0.05, 0) is 31.4 Å². The molecule has 4 heteroatoms. The Bertz CT molecular complexity index is 269. The third kappa shape index (κ3) is 3.46. The first-order valence-corrected chi connectivity index (χ1v) is 5.11. The molecule has 0 aromatic carbocycles. The Morgan fingerprint density at radius 3 is 3.07 bits per heavy atom. The molecule has 0 aliphatic heterocycles. The number of carbonyl (C=O) groups excluding carboxylic acids is 1. The first-order valence-electron chi connectivity index (χ1n) is 4.59. The van der Waals surface area contributed by atoms with Crippen LogP contribution in [0.4, 0.5) is 0 Å². The lowest BCUT2D eigenvalue weighted by Crippen LogP contribution is -2.18. The van der Waals surface area contributed by atoms with Gasteiger partial charge < -0.3 is 9.15 Å². The molecule has 1 heterocycles. The molecule has 1 atom stereocenters. The molecule has 1 unspecified atom stereocenters. The van der Waals surface area contributed by atoms with Crippen LogP contribution < -0.4 is 0 Å². The highest BCUT2D eigenvalue weighted by Crippen LogP contribution is 2.10. The lowest BCUT2D eigenvalue weighted by molar-refractivity contribution is -0.142. The number of rotatable bonds is 5. The summed E-state index contributed by atoms with van der Waals surface area (Å²) in [5.41, 5.74) is 1.08. The van der Waals surface area contributed by atoms with Crippen molar-refractivity contribution in [1.29, 1.82) is 0 Å². The first-order chi connectivity index (χ1) is 6.74. The van der Waals surface area contributed by atoms with Gasteiger partial charge in [-0.15, -0.1) is 0 Å². The van der Waals surface area contributed by atoms with Crippen molar-refractivity contribution < 1.29 is 13.9 Å². The smallest absolute Gasteiger partial charge is 0.318 e. The van der Waals surface area contributed by atoms with Gasteiger partial charge in [0.25, 0.3) is 0 Å². The summed E-state index contributed by atoms with van der Waals surface area (Å²) in [4.78, 5) is 11.2. The Morgan fingerprint density at radius 1 is 1.71 bits per heavy atom. The van der Waals surface area contributed by atoms with Crippen LogP contribution in [0.25, 0.3) is 0 Å². The van der Waals surface area contributed by atoms with E-state index in [0.717, 1.165) is 12.0 Å². The van der Waals surface area contributed by atoms with Gasteiger partial charge in [-0.3, -0.25) is 4.79 Å². The van der Waals surface area contributed by atoms with Gasteiger partial charge in [0.15, 0.2) is 0 Å². The zero-order chi connectivity index (χ0) is 10.4. The van der Waals surface area contributed by atoms with Gasteiger partial charge >= 0.3 is 5.97 Å². The van der Waals surface area contributed by atoms with Crippen LogP contribution in [0.1, 0.15) is 18.9 Å². The minimum atomic E-state index is -0.343. The average Bonchev–Trinajstić information content (AvgIpc) is 2.67. The highest BCUT2D eigenvalue weighted by Gasteiger charge is 2.14. The zero-order valence-electron chi connectivity index (χ0n) is 8.10. The van der Waals surface area contributed by atoms with Crippen LogP contribution in [-0.4, -0.2) is 17.8 Å². The fourth-order valence-corrected chi connectivity index (χ4v) is 1.30. The molecule has 0 bridgehead atoms. The summed E-state index contributed by atoms with van der Waals surface area (Å²) in [5, 5.41) is -0.343. The van der Waals surface area contributed by atoms with Crippen LogP contribution in [0, 0.1) is 0 Å². The number of aryl methyl sites for hydroxylation is 1. The van der Waals surface area contributed by atoms with Crippen molar-refractivity contribution in [3.8, 4) is 0 Å². The number of furan rings is 1. The predicted molar refractivity (Wildman–Crippen MR) is 56.4 cm³/mol. The third-order valence-electron chi connectivity index (χ3n) is 1.85. The largest absolute Gasteiger partial charge is 0.472 e. The van der Waals surface area contributed by atoms with Gasteiger partial charge in [0.05, 0.1) is 24.4 Å². The number of ether oxygens (including phenoxy) is 1. The molecule has 0 fully saturated rings. The van der Waals surface area contributed by atoms with Crippen LogP contribution in [0.2, 0.25) is 0 Å². The Kier molecular flexibility index (Phi) is 4.59. The van der Waals surface area contributed by atoms with Crippen molar-refractivity contribution in [1.82, 2.24) is 0 Å². The van der Waals surface area contributed by atoms with E-state index in [1.165, 1.54) is 0 Å². The van der Waals surface area contributed by atoms with Crippen molar-refractivity contribution in [2.24, 2.45) is 0 Å². The summed E-state index contributed by atoms with van der Waals surface area (Å²) in [6, 6.07) is 1.88. The molecule has 0 N–H and O–H groups in total. The standard InChI is InChI=1S/C10H14O3S/c1-2-13-10(11)9(14)4-3-8-5-6-12-7-8/h5-7,9,14H,2-4H2,1H3. The molecule has 78 valence electrons. The molecule has 14 heavy (non-hydrogen) atoms. The summed E-state index contributed by atoms with van der Waals surface area (Å²) < 4.78 is 9.75. The predicted octanol–water partition coefficient (Wildman–Crippen LogP) is 2.07. The summed E-state index contributed by atoms with van der Waals surface area (Å²) in [6.07, 6.45) is 4.74. The van der Waals surface area contributed by atoms with Crippen LogP contribution in [-0.2, 0) is 16.0 Å². The summed E-state index contributed by atoms with van der Waals surface area (Å²) in [7, 11) is 0. The van der Waals surface area contributed by atoms with Crippen molar-refractivity contribution in [2.75, 3.05) is 6.61 Å². The van der Waals surface area contributed by atoms with Crippen molar-refractivity contribution in [3.63, 3.8) is 0 Å². The van der Waals surface area contributed by atoms with E-state index in [4.69, 9.17) is 9.15 Å². The maximum absolute atomic E-state index is 11.2. The topological polar surface area (TPSA) is 39.4 Å². The van der Waals surface area contributed by atoms with Gasteiger partial charge in [-0.25, -0.2) is 0 Å². The monoisotopic (exact) mass is 214 g/mol. The van der Waals surface area contributed by atoms with Crippen LogP contribution >= 0.6 is 12.6 Å². The Balaban J connectivity index is 2.27. The number of carbonyl (C=O) groups is 1. The van der Waals surface area contributed by atoms with E-state index < -0.39 is 0 Å². The summed E-state index contributed by atoms with van der Waals surface area (Å²) >= 11 is 4.17. The van der Waals surface area contributed by atoms with Gasteiger partial charge in [-0.2, -0.15) is 12.6 Å². The average molecular weight is 214 g/mol. The minimum Gasteiger partial charge on any atom is -0.472 e. The molecule has 0 saturated heterocycles. The maximum Gasteiger partial charge on any atom is 0.318 e. The minimum absolute atomic E-state index is 0.251. The van der Waals surface area contributed by atoms with Crippen molar-refractivity contribution in [2.45, 2.75) is 25.0 Å². The molecule has 0 aliphatic carbocycles. The Morgan fingerprint density at radius 2 is 2.50 bits per heavy atom. The molecule has 1 aromatic heterocycles. The fourth-order valence-electron chi connectivity index (χ4n) is 1.09. The first kappa shape index (κ1) is 11.2. The maximum atomic E-state index is 11.2. The van der Waals surface area contributed by atoms with E-state index in [1.807, 2.05) is 6.07 Å². The van der Waals surface area contributed by atoms with Crippen molar-refractivity contribution >= 4 is 18.6 Å². The lowest BCUT2D eigenvalue weighted by Gasteiger charge is -2.08. The lowest BCUT2D eigenvalue weighted by atomic mass is 10.1. The van der Waals surface area contributed by atoms with E-state index in [2.05, 4.69) is 12.6 Å². The Hall–Kier alpha value is -0.900. The molecule has 1 aromatic rings. The van der Waals surface area contributed by atoms with E-state index in [1.54, 1.807) is 19.5 Å². The second-order valence-corrected chi connectivity index (χ2v) is 3.56. The molecule has 0 amide bonds. The van der Waals surface area contributed by atoms with Gasteiger partial charge in [0, 0.05) is 0 Å². The van der Waals surface area contributed by atoms with Gasteiger partial charge in [0.1, 0.15) is 0 Å². The van der Waals surface area contributed by atoms with Gasteiger partial charge in [0.2, 0.25) is 0 Å². The van der Waals surface area contributed by atoms with Gasteiger partial charge in [-0.1, -0.05) is 0 Å². The number of hydrogen-bond acceptors (Lipinski definition) is 4. The fraction of sp³-hybridized carbons (Fsp3) is 0.500. The Labute approximate surface area is 88.8 Å². The zero-order valence-corrected chi connectivity index (χ0v) is 9.00. The molecule has 0 aliphatic rings. The number of esters is 1. The molecule has 0 spiro atoms. The molecule has 0 saturated carbocycles. The second-order valence-electron chi connectivity index (χ2n) is 2.94. The highest BCUT2D eigenvalue weighted by molar-refractivity contribution is 7.81. The van der Waals surface area contributed by atoms with Crippen LogP contribution in [0.5, 0.6) is 0 Å². The van der Waals surface area contributed by atoms with E-state index in [0.29, 0.717) is 13.0 Å². The molecule has 3 nitrogen and oxygen atoms in total. The molecular formula is C10H14O3S. The normalized spacial score (nSPS) is 12.4. The number of thiol groups is 1. The third-order valence-corrected chi connectivity index (χ3v) is 2.31. The van der Waals surface area contributed by atoms with E-state index in [-0.39, 0.29) is 11.2 Å². The SMILES string of the molecule is CCOC(=O)C(S)CCc1ccoc1. The number of hydrogen-bond donors (Lipinski definition) is 1. The van der Waals surface area contributed by atoms with E-state index in [9.17, 15) is 4.79 Å². The van der Waals surface area contributed by atoms with Crippen LogP contribution in [0.15, 0.2) is 23.0 Å². The van der Waals surface area contributed by atoms with Crippen molar-refractivity contribution in [3.05, 3.63) is 24.2 Å². The molecule has 1 rings (SSSR count). The quantitative estimate of drug-likeness (QED) is 0.602. The van der Waals surface area contributed by atoms with E-state index >= 15 is 0 Å². The second kappa shape index (κ2) is 5.75. The molecular weight excluding hydrogens is 200 g/mol. The molecule has 0 radical (unpaired) electrons. The summed E-state index contributed by atoms with van der Waals surface area (Å²) in [5.74, 6) is -0.251. The highest BCUT2D eigenvalue weighted by atomic mass is 32.1.